The van der Waals surface area contributed by atoms with Gasteiger partial charge in [-0.1, -0.05) is 63.9 Å². The minimum Gasteiger partial charge on any atom is -0.353 e. The summed E-state index contributed by atoms with van der Waals surface area (Å²) in [6.45, 7) is 7.01. The van der Waals surface area contributed by atoms with Gasteiger partial charge in [0.15, 0.2) is 0 Å². The topological polar surface area (TPSA) is 29.1 Å². The van der Waals surface area contributed by atoms with Crippen molar-refractivity contribution in [2.75, 3.05) is 0 Å². The van der Waals surface area contributed by atoms with E-state index >= 15 is 0 Å². The molecule has 0 radical (unpaired) electrons. The molecule has 2 saturated carbocycles. The SMILES string of the molecule is C[C@@H]1C[C@@H](NC(=O)[C@@H](c2ccccc2)C2CCCC2)CC(C)(C)C1. The van der Waals surface area contributed by atoms with Crippen molar-refractivity contribution in [1.29, 1.82) is 0 Å². The lowest BCUT2D eigenvalue weighted by atomic mass is 9.70. The van der Waals surface area contributed by atoms with Crippen LogP contribution in [0, 0.1) is 17.3 Å². The first-order valence-electron chi connectivity index (χ1n) is 9.80. The van der Waals surface area contributed by atoms with Crippen LogP contribution in [-0.4, -0.2) is 11.9 Å². The van der Waals surface area contributed by atoms with Crippen molar-refractivity contribution < 1.29 is 4.79 Å². The fourth-order valence-corrected chi connectivity index (χ4v) is 5.34. The predicted molar refractivity (Wildman–Crippen MR) is 99.9 cm³/mol. The molecule has 0 saturated heterocycles. The molecule has 2 nitrogen and oxygen atoms in total. The molecule has 3 rings (SSSR count). The lowest BCUT2D eigenvalue weighted by molar-refractivity contribution is -0.125. The number of carbonyl (C=O) groups is 1. The number of hydrogen-bond donors (Lipinski definition) is 1. The molecule has 2 aliphatic carbocycles. The molecule has 0 aromatic heterocycles. The largest absolute Gasteiger partial charge is 0.353 e. The lowest BCUT2D eigenvalue weighted by Crippen LogP contribution is -2.45. The highest BCUT2D eigenvalue weighted by Gasteiger charge is 2.36. The average Bonchev–Trinajstić information content (AvgIpc) is 3.00. The number of nitrogens with one attached hydrogen (secondary N) is 1. The van der Waals surface area contributed by atoms with Crippen molar-refractivity contribution >= 4 is 5.91 Å². The zero-order chi connectivity index (χ0) is 17.2. The van der Waals surface area contributed by atoms with Crippen molar-refractivity contribution in [1.82, 2.24) is 5.32 Å². The molecule has 1 amide bonds. The predicted octanol–water partition coefficient (Wildman–Crippen LogP) is 5.29. The minimum absolute atomic E-state index is 0.0362. The summed E-state index contributed by atoms with van der Waals surface area (Å²) in [6, 6.07) is 10.8. The van der Waals surface area contributed by atoms with E-state index in [0.29, 0.717) is 23.3 Å². The van der Waals surface area contributed by atoms with Crippen LogP contribution in [0.3, 0.4) is 0 Å². The zero-order valence-electron chi connectivity index (χ0n) is 15.6. The number of amides is 1. The second-order valence-electron chi connectivity index (χ2n) is 9.05. The molecule has 1 aromatic rings. The van der Waals surface area contributed by atoms with E-state index in [1.54, 1.807) is 0 Å². The summed E-state index contributed by atoms with van der Waals surface area (Å²) >= 11 is 0. The van der Waals surface area contributed by atoms with Gasteiger partial charge in [0.2, 0.25) is 5.91 Å². The molecule has 1 aromatic carbocycles. The van der Waals surface area contributed by atoms with Crippen LogP contribution in [0.25, 0.3) is 0 Å². The molecule has 0 bridgehead atoms. The van der Waals surface area contributed by atoms with Crippen molar-refractivity contribution in [3.05, 3.63) is 35.9 Å². The summed E-state index contributed by atoms with van der Waals surface area (Å²) in [5.41, 5.74) is 1.54. The maximum Gasteiger partial charge on any atom is 0.228 e. The molecular formula is C22H33NO. The molecule has 2 heteroatoms. The molecule has 1 N–H and O–H groups in total. The van der Waals surface area contributed by atoms with Crippen LogP contribution in [0.5, 0.6) is 0 Å². The van der Waals surface area contributed by atoms with Gasteiger partial charge in [0.1, 0.15) is 0 Å². The Balaban J connectivity index is 1.74. The molecule has 3 atom stereocenters. The standard InChI is InChI=1S/C22H33NO/c1-16-13-19(15-22(2,3)14-16)23-21(24)20(18-11-7-8-12-18)17-9-5-4-6-10-17/h4-6,9-10,16,18-20H,7-8,11-15H2,1-3H3,(H,23,24)/t16-,19-,20+/m1/s1. The molecule has 2 fully saturated rings. The van der Waals surface area contributed by atoms with Gasteiger partial charge in [0.25, 0.3) is 0 Å². The van der Waals surface area contributed by atoms with E-state index in [0.717, 1.165) is 12.8 Å². The number of benzene rings is 1. The van der Waals surface area contributed by atoms with Gasteiger partial charge in [-0.15, -0.1) is 0 Å². The highest BCUT2D eigenvalue weighted by molar-refractivity contribution is 5.84. The van der Waals surface area contributed by atoms with Crippen molar-refractivity contribution in [2.45, 2.75) is 77.7 Å². The molecule has 24 heavy (non-hydrogen) atoms. The van der Waals surface area contributed by atoms with Gasteiger partial charge in [-0.2, -0.15) is 0 Å². The Morgan fingerprint density at radius 2 is 1.79 bits per heavy atom. The van der Waals surface area contributed by atoms with Gasteiger partial charge < -0.3 is 5.32 Å². The van der Waals surface area contributed by atoms with Gasteiger partial charge in [-0.05, 0) is 54.9 Å². The summed E-state index contributed by atoms with van der Waals surface area (Å²) < 4.78 is 0. The fraction of sp³-hybridized carbons (Fsp3) is 0.682. The van der Waals surface area contributed by atoms with Gasteiger partial charge in [0, 0.05) is 6.04 Å². The van der Waals surface area contributed by atoms with Crippen molar-refractivity contribution in [2.24, 2.45) is 17.3 Å². The first-order valence-corrected chi connectivity index (χ1v) is 9.80. The molecule has 2 aliphatic rings. The molecule has 0 spiro atoms. The van der Waals surface area contributed by atoms with E-state index in [4.69, 9.17) is 0 Å². The monoisotopic (exact) mass is 327 g/mol. The molecule has 132 valence electrons. The highest BCUT2D eigenvalue weighted by Crippen LogP contribution is 2.40. The van der Waals surface area contributed by atoms with E-state index in [1.165, 1.54) is 37.7 Å². The number of carbonyl (C=O) groups excluding carboxylic acids is 1. The quantitative estimate of drug-likeness (QED) is 0.799. The maximum absolute atomic E-state index is 13.2. The van der Waals surface area contributed by atoms with Crippen LogP contribution < -0.4 is 5.32 Å². The lowest BCUT2D eigenvalue weighted by Gasteiger charge is -2.40. The van der Waals surface area contributed by atoms with E-state index in [9.17, 15) is 4.79 Å². The van der Waals surface area contributed by atoms with Crippen molar-refractivity contribution in [3.8, 4) is 0 Å². The Kier molecular flexibility index (Phi) is 5.32. The molecule has 0 unspecified atom stereocenters. The zero-order valence-corrected chi connectivity index (χ0v) is 15.6. The highest BCUT2D eigenvalue weighted by atomic mass is 16.2. The van der Waals surface area contributed by atoms with Crippen LogP contribution in [0.1, 0.15) is 77.2 Å². The molecular weight excluding hydrogens is 294 g/mol. The number of hydrogen-bond acceptors (Lipinski definition) is 1. The molecule has 0 aliphatic heterocycles. The summed E-state index contributed by atoms with van der Waals surface area (Å²) in [5, 5.41) is 3.44. The Morgan fingerprint density at radius 3 is 2.42 bits per heavy atom. The third kappa shape index (κ3) is 4.20. The summed E-state index contributed by atoms with van der Waals surface area (Å²) in [6.07, 6.45) is 8.43. The Bertz CT molecular complexity index is 544. The average molecular weight is 328 g/mol. The van der Waals surface area contributed by atoms with Crippen LogP contribution in [0.4, 0.5) is 0 Å². The fourth-order valence-electron chi connectivity index (χ4n) is 5.34. The Morgan fingerprint density at radius 1 is 1.12 bits per heavy atom. The van der Waals surface area contributed by atoms with Crippen LogP contribution in [0.15, 0.2) is 30.3 Å². The van der Waals surface area contributed by atoms with E-state index in [1.807, 2.05) is 6.07 Å². The normalized spacial score (nSPS) is 28.5. The van der Waals surface area contributed by atoms with E-state index in [-0.39, 0.29) is 11.8 Å². The van der Waals surface area contributed by atoms with Crippen LogP contribution in [-0.2, 0) is 4.79 Å². The summed E-state index contributed by atoms with van der Waals surface area (Å²) in [7, 11) is 0. The number of rotatable bonds is 4. The Labute approximate surface area is 147 Å². The second kappa shape index (κ2) is 7.29. The first-order chi connectivity index (χ1) is 11.4. The first kappa shape index (κ1) is 17.5. The second-order valence-corrected chi connectivity index (χ2v) is 9.05. The summed E-state index contributed by atoms with van der Waals surface area (Å²) in [4.78, 5) is 13.2. The maximum atomic E-state index is 13.2. The smallest absolute Gasteiger partial charge is 0.228 e. The third-order valence-electron chi connectivity index (χ3n) is 6.05. The van der Waals surface area contributed by atoms with E-state index in [2.05, 4.69) is 50.4 Å². The van der Waals surface area contributed by atoms with Crippen LogP contribution in [0.2, 0.25) is 0 Å². The van der Waals surface area contributed by atoms with Crippen LogP contribution >= 0.6 is 0 Å². The van der Waals surface area contributed by atoms with Gasteiger partial charge in [-0.3, -0.25) is 4.79 Å². The third-order valence-corrected chi connectivity index (χ3v) is 6.05. The van der Waals surface area contributed by atoms with Gasteiger partial charge in [-0.25, -0.2) is 0 Å². The minimum atomic E-state index is 0.0362. The van der Waals surface area contributed by atoms with E-state index < -0.39 is 0 Å². The van der Waals surface area contributed by atoms with Gasteiger partial charge >= 0.3 is 0 Å². The van der Waals surface area contributed by atoms with Gasteiger partial charge in [0.05, 0.1) is 5.92 Å². The summed E-state index contributed by atoms with van der Waals surface area (Å²) in [5.74, 6) is 1.51. The molecule has 0 heterocycles. The van der Waals surface area contributed by atoms with Crippen molar-refractivity contribution in [3.63, 3.8) is 0 Å². The Hall–Kier alpha value is -1.31.